The van der Waals surface area contributed by atoms with Gasteiger partial charge in [-0.1, -0.05) is 29.3 Å². The van der Waals surface area contributed by atoms with Gasteiger partial charge in [-0.3, -0.25) is 4.79 Å². The van der Waals surface area contributed by atoms with E-state index in [2.05, 4.69) is 28.2 Å². The molecule has 0 aromatic heterocycles. The van der Waals surface area contributed by atoms with Crippen molar-refractivity contribution in [2.24, 2.45) is 5.41 Å². The molecule has 0 bridgehead atoms. The smallest absolute Gasteiger partial charge is 0.220 e. The third-order valence-corrected chi connectivity index (χ3v) is 4.17. The molecule has 1 amide bonds. The molecule has 1 aliphatic carbocycles. The average molecular weight is 276 g/mol. The van der Waals surface area contributed by atoms with Crippen LogP contribution in [0.25, 0.3) is 0 Å². The van der Waals surface area contributed by atoms with Gasteiger partial charge in [0.2, 0.25) is 5.91 Å². The van der Waals surface area contributed by atoms with Crippen LogP contribution in [0.4, 0.5) is 0 Å². The standard InChI is InChI=1S/C12H22BrNO/c1-2-12(7-5-8-12)10-14-11(15)6-3-4-9-13/h2-10H2,1H3,(H,14,15). The Hall–Kier alpha value is -0.0500. The highest BCUT2D eigenvalue weighted by Crippen LogP contribution is 2.42. The first-order valence-corrected chi connectivity index (χ1v) is 7.17. The molecule has 0 heterocycles. The van der Waals surface area contributed by atoms with Gasteiger partial charge < -0.3 is 5.32 Å². The van der Waals surface area contributed by atoms with Gasteiger partial charge in [-0.2, -0.15) is 0 Å². The molecule has 0 atom stereocenters. The monoisotopic (exact) mass is 275 g/mol. The lowest BCUT2D eigenvalue weighted by atomic mass is 9.67. The minimum absolute atomic E-state index is 0.232. The molecule has 0 saturated heterocycles. The molecular weight excluding hydrogens is 254 g/mol. The average Bonchev–Trinajstić information content (AvgIpc) is 2.17. The fourth-order valence-corrected chi connectivity index (χ4v) is 2.48. The maximum atomic E-state index is 11.5. The zero-order chi connectivity index (χ0) is 11.1. The molecule has 1 rings (SSSR count). The van der Waals surface area contributed by atoms with E-state index >= 15 is 0 Å². The Morgan fingerprint density at radius 3 is 2.60 bits per heavy atom. The van der Waals surface area contributed by atoms with Crippen LogP contribution in [0.3, 0.4) is 0 Å². The summed E-state index contributed by atoms with van der Waals surface area (Å²) in [5.74, 6) is 0.232. The van der Waals surface area contributed by atoms with Gasteiger partial charge in [0.1, 0.15) is 0 Å². The summed E-state index contributed by atoms with van der Waals surface area (Å²) in [6, 6.07) is 0. The number of amides is 1. The lowest BCUT2D eigenvalue weighted by molar-refractivity contribution is -0.122. The first-order valence-electron chi connectivity index (χ1n) is 6.05. The molecular formula is C12H22BrNO. The summed E-state index contributed by atoms with van der Waals surface area (Å²) in [5.41, 5.74) is 0.449. The second kappa shape index (κ2) is 6.51. The molecule has 3 heteroatoms. The molecule has 1 saturated carbocycles. The van der Waals surface area contributed by atoms with Gasteiger partial charge in [0.05, 0.1) is 0 Å². The lowest BCUT2D eigenvalue weighted by Crippen LogP contribution is -2.41. The molecule has 88 valence electrons. The molecule has 1 fully saturated rings. The topological polar surface area (TPSA) is 29.1 Å². The van der Waals surface area contributed by atoms with Crippen LogP contribution >= 0.6 is 15.9 Å². The van der Waals surface area contributed by atoms with Crippen LogP contribution < -0.4 is 5.32 Å². The minimum Gasteiger partial charge on any atom is -0.356 e. The molecule has 0 radical (unpaired) electrons. The molecule has 0 aromatic carbocycles. The van der Waals surface area contributed by atoms with E-state index in [1.807, 2.05) is 0 Å². The Morgan fingerprint density at radius 1 is 1.40 bits per heavy atom. The summed E-state index contributed by atoms with van der Waals surface area (Å²) in [6.07, 6.45) is 7.91. The number of hydrogen-bond acceptors (Lipinski definition) is 1. The molecule has 0 unspecified atom stereocenters. The minimum atomic E-state index is 0.232. The molecule has 0 spiro atoms. The van der Waals surface area contributed by atoms with Gasteiger partial charge in [-0.05, 0) is 37.5 Å². The maximum absolute atomic E-state index is 11.5. The highest BCUT2D eigenvalue weighted by Gasteiger charge is 2.34. The molecule has 0 aliphatic heterocycles. The maximum Gasteiger partial charge on any atom is 0.220 e. The van der Waals surface area contributed by atoms with E-state index < -0.39 is 0 Å². The first-order chi connectivity index (χ1) is 7.22. The fraction of sp³-hybridized carbons (Fsp3) is 0.917. The predicted octanol–water partition coefficient (Wildman–Crippen LogP) is 3.25. The fourth-order valence-electron chi connectivity index (χ4n) is 2.09. The normalized spacial score (nSPS) is 18.3. The van der Waals surface area contributed by atoms with Crippen molar-refractivity contribution in [2.45, 2.75) is 51.9 Å². The molecule has 2 nitrogen and oxygen atoms in total. The summed E-state index contributed by atoms with van der Waals surface area (Å²) >= 11 is 3.37. The van der Waals surface area contributed by atoms with E-state index in [1.54, 1.807) is 0 Å². The van der Waals surface area contributed by atoms with Gasteiger partial charge in [0, 0.05) is 18.3 Å². The van der Waals surface area contributed by atoms with E-state index in [1.165, 1.54) is 25.7 Å². The van der Waals surface area contributed by atoms with Gasteiger partial charge >= 0.3 is 0 Å². The lowest BCUT2D eigenvalue weighted by Gasteiger charge is -2.41. The predicted molar refractivity (Wildman–Crippen MR) is 67.2 cm³/mol. The Labute approximate surface area is 101 Å². The Balaban J connectivity index is 2.10. The van der Waals surface area contributed by atoms with Gasteiger partial charge in [-0.25, -0.2) is 0 Å². The van der Waals surface area contributed by atoms with Gasteiger partial charge in [-0.15, -0.1) is 0 Å². The van der Waals surface area contributed by atoms with Gasteiger partial charge in [0.15, 0.2) is 0 Å². The molecule has 15 heavy (non-hydrogen) atoms. The zero-order valence-corrected chi connectivity index (χ0v) is 11.2. The Kier molecular flexibility index (Phi) is 5.65. The van der Waals surface area contributed by atoms with Crippen molar-refractivity contribution >= 4 is 21.8 Å². The van der Waals surface area contributed by atoms with Crippen LogP contribution in [0, 0.1) is 5.41 Å². The number of carbonyl (C=O) groups excluding carboxylic acids is 1. The second-order valence-corrected chi connectivity index (χ2v) is 5.42. The van der Waals surface area contributed by atoms with Crippen molar-refractivity contribution in [3.05, 3.63) is 0 Å². The van der Waals surface area contributed by atoms with Crippen molar-refractivity contribution in [1.82, 2.24) is 5.32 Å². The largest absolute Gasteiger partial charge is 0.356 e. The number of halogens is 1. The van der Waals surface area contributed by atoms with Crippen LogP contribution in [0.1, 0.15) is 51.9 Å². The van der Waals surface area contributed by atoms with Crippen LogP contribution in [0.15, 0.2) is 0 Å². The zero-order valence-electron chi connectivity index (χ0n) is 9.65. The second-order valence-electron chi connectivity index (χ2n) is 4.63. The highest BCUT2D eigenvalue weighted by atomic mass is 79.9. The number of alkyl halides is 1. The quantitative estimate of drug-likeness (QED) is 0.561. The molecule has 0 aromatic rings. The number of rotatable bonds is 7. The van der Waals surface area contributed by atoms with E-state index in [4.69, 9.17) is 0 Å². The van der Waals surface area contributed by atoms with Crippen molar-refractivity contribution in [1.29, 1.82) is 0 Å². The number of carbonyl (C=O) groups is 1. The summed E-state index contributed by atoms with van der Waals surface area (Å²) < 4.78 is 0. The molecule has 1 N–H and O–H groups in total. The van der Waals surface area contributed by atoms with Crippen molar-refractivity contribution < 1.29 is 4.79 Å². The van der Waals surface area contributed by atoms with E-state index in [0.29, 0.717) is 11.8 Å². The van der Waals surface area contributed by atoms with E-state index in [-0.39, 0.29) is 5.91 Å². The Bertz CT molecular complexity index is 196. The molecule has 1 aliphatic rings. The number of unbranched alkanes of at least 4 members (excludes halogenated alkanes) is 1. The van der Waals surface area contributed by atoms with E-state index in [0.717, 1.165) is 24.7 Å². The van der Waals surface area contributed by atoms with Crippen molar-refractivity contribution in [2.75, 3.05) is 11.9 Å². The number of hydrogen-bond donors (Lipinski definition) is 1. The van der Waals surface area contributed by atoms with Crippen LogP contribution in [0.2, 0.25) is 0 Å². The van der Waals surface area contributed by atoms with E-state index in [9.17, 15) is 4.79 Å². The number of nitrogens with one attached hydrogen (secondary N) is 1. The van der Waals surface area contributed by atoms with Crippen LogP contribution in [-0.4, -0.2) is 17.8 Å². The summed E-state index contributed by atoms with van der Waals surface area (Å²) in [6.45, 7) is 3.13. The van der Waals surface area contributed by atoms with Gasteiger partial charge in [0.25, 0.3) is 0 Å². The van der Waals surface area contributed by atoms with Crippen LogP contribution in [-0.2, 0) is 4.79 Å². The first kappa shape index (κ1) is 13.0. The third-order valence-electron chi connectivity index (χ3n) is 3.61. The summed E-state index contributed by atoms with van der Waals surface area (Å²) in [4.78, 5) is 11.5. The third kappa shape index (κ3) is 4.13. The van der Waals surface area contributed by atoms with Crippen molar-refractivity contribution in [3.63, 3.8) is 0 Å². The highest BCUT2D eigenvalue weighted by molar-refractivity contribution is 9.09. The summed E-state index contributed by atoms with van der Waals surface area (Å²) in [5, 5.41) is 4.08. The Morgan fingerprint density at radius 2 is 2.13 bits per heavy atom. The SMILES string of the molecule is CCC1(CNC(=O)CCCCBr)CCC1. The summed E-state index contributed by atoms with van der Waals surface area (Å²) in [7, 11) is 0. The van der Waals surface area contributed by atoms with Crippen molar-refractivity contribution in [3.8, 4) is 0 Å². The van der Waals surface area contributed by atoms with Crippen LogP contribution in [0.5, 0.6) is 0 Å².